The maximum Gasteiger partial charge on any atom is 0.328 e. The van der Waals surface area contributed by atoms with E-state index >= 15 is 0 Å². The van der Waals surface area contributed by atoms with E-state index in [1.54, 1.807) is 17.2 Å². The highest BCUT2D eigenvalue weighted by Gasteiger charge is 1.85. The lowest BCUT2D eigenvalue weighted by atomic mass is 10.7. The molecule has 0 aromatic carbocycles. The maximum atomic E-state index is 9.93. The Bertz CT molecular complexity index is 123. The van der Waals surface area contributed by atoms with Crippen LogP contribution >= 0.6 is 23.5 Å². The largest absolute Gasteiger partial charge is 0.478 e. The topological polar surface area (TPSA) is 37.3 Å². The van der Waals surface area contributed by atoms with Crippen LogP contribution in [0.3, 0.4) is 0 Å². The number of rotatable bonds is 5. The summed E-state index contributed by atoms with van der Waals surface area (Å²) in [5.74, 6) is 1.16. The summed E-state index contributed by atoms with van der Waals surface area (Å²) in [7, 11) is 0. The standard InChI is InChI=1S/C6H10O2S2/c1-9-4-5-10-3-2-6(7)8/h2-3H,4-5H2,1H3,(H,7,8)/b3-2+. The minimum absolute atomic E-state index is 0.878. The van der Waals surface area contributed by atoms with Crippen molar-refractivity contribution in [1.82, 2.24) is 0 Å². The van der Waals surface area contributed by atoms with Gasteiger partial charge in [-0.05, 0) is 11.7 Å². The molecular formula is C6H10O2S2. The first-order valence-corrected chi connectivity index (χ1v) is 5.21. The van der Waals surface area contributed by atoms with Crippen molar-refractivity contribution in [3.8, 4) is 0 Å². The van der Waals surface area contributed by atoms with Gasteiger partial charge in [-0.3, -0.25) is 0 Å². The second-order valence-corrected chi connectivity index (χ2v) is 3.50. The van der Waals surface area contributed by atoms with E-state index in [2.05, 4.69) is 0 Å². The Hall–Kier alpha value is -0.0900. The normalized spacial score (nSPS) is 10.5. The van der Waals surface area contributed by atoms with E-state index in [1.807, 2.05) is 6.26 Å². The van der Waals surface area contributed by atoms with Gasteiger partial charge >= 0.3 is 5.97 Å². The van der Waals surface area contributed by atoms with E-state index < -0.39 is 5.97 Å². The fraction of sp³-hybridized carbons (Fsp3) is 0.500. The van der Waals surface area contributed by atoms with Crippen molar-refractivity contribution < 1.29 is 9.90 Å². The molecule has 0 aliphatic heterocycles. The minimum atomic E-state index is -0.878. The molecule has 0 aromatic heterocycles. The average molecular weight is 178 g/mol. The van der Waals surface area contributed by atoms with Crippen molar-refractivity contribution in [1.29, 1.82) is 0 Å². The molecule has 0 atom stereocenters. The zero-order valence-electron chi connectivity index (χ0n) is 5.74. The van der Waals surface area contributed by atoms with Crippen molar-refractivity contribution in [2.24, 2.45) is 0 Å². The molecule has 0 rings (SSSR count). The minimum Gasteiger partial charge on any atom is -0.478 e. The first kappa shape index (κ1) is 9.91. The van der Waals surface area contributed by atoms with Crippen LogP contribution in [0, 0.1) is 0 Å². The molecule has 58 valence electrons. The predicted molar refractivity (Wildman–Crippen MR) is 47.6 cm³/mol. The molecule has 1 N–H and O–H groups in total. The second kappa shape index (κ2) is 7.02. The molecular weight excluding hydrogens is 168 g/mol. The lowest BCUT2D eigenvalue weighted by Gasteiger charge is -1.89. The molecule has 0 heterocycles. The number of carbonyl (C=O) groups is 1. The Morgan fingerprint density at radius 2 is 2.30 bits per heavy atom. The van der Waals surface area contributed by atoms with Gasteiger partial charge in [-0.25, -0.2) is 4.79 Å². The number of aliphatic carboxylic acids is 1. The van der Waals surface area contributed by atoms with Gasteiger partial charge in [-0.2, -0.15) is 11.8 Å². The highest BCUT2D eigenvalue weighted by molar-refractivity contribution is 8.04. The Morgan fingerprint density at radius 3 is 2.80 bits per heavy atom. The average Bonchev–Trinajstić information content (AvgIpc) is 1.87. The van der Waals surface area contributed by atoms with Gasteiger partial charge in [0.1, 0.15) is 0 Å². The van der Waals surface area contributed by atoms with Gasteiger partial charge in [0, 0.05) is 17.6 Å². The summed E-state index contributed by atoms with van der Waals surface area (Å²) in [6, 6.07) is 0. The lowest BCUT2D eigenvalue weighted by molar-refractivity contribution is -0.131. The van der Waals surface area contributed by atoms with Gasteiger partial charge in [0.05, 0.1) is 0 Å². The highest BCUT2D eigenvalue weighted by Crippen LogP contribution is 2.04. The molecule has 0 amide bonds. The molecule has 0 aliphatic rings. The van der Waals surface area contributed by atoms with Gasteiger partial charge in [-0.15, -0.1) is 11.8 Å². The van der Waals surface area contributed by atoms with Gasteiger partial charge < -0.3 is 5.11 Å². The predicted octanol–water partition coefficient (Wildman–Crippen LogP) is 1.68. The SMILES string of the molecule is CSCCS/C=C/C(=O)O. The van der Waals surface area contributed by atoms with Crippen LogP contribution in [0.25, 0.3) is 0 Å². The highest BCUT2D eigenvalue weighted by atomic mass is 32.2. The van der Waals surface area contributed by atoms with Crippen molar-refractivity contribution in [2.45, 2.75) is 0 Å². The third-order valence-corrected chi connectivity index (χ3v) is 2.35. The molecule has 0 aliphatic carbocycles. The van der Waals surface area contributed by atoms with Crippen LogP contribution in [0.2, 0.25) is 0 Å². The molecule has 0 spiro atoms. The van der Waals surface area contributed by atoms with E-state index in [0.29, 0.717) is 0 Å². The van der Waals surface area contributed by atoms with E-state index in [4.69, 9.17) is 5.11 Å². The molecule has 0 saturated carbocycles. The molecule has 10 heavy (non-hydrogen) atoms. The molecule has 0 unspecified atom stereocenters. The lowest BCUT2D eigenvalue weighted by Crippen LogP contribution is -1.85. The summed E-state index contributed by atoms with van der Waals surface area (Å²) >= 11 is 3.28. The molecule has 0 bridgehead atoms. The Morgan fingerprint density at radius 1 is 1.60 bits per heavy atom. The Balaban J connectivity index is 3.10. The van der Waals surface area contributed by atoms with Crippen LogP contribution < -0.4 is 0 Å². The monoisotopic (exact) mass is 178 g/mol. The molecule has 4 heteroatoms. The summed E-state index contributed by atoms with van der Waals surface area (Å²) in [4.78, 5) is 9.93. The number of hydrogen-bond donors (Lipinski definition) is 1. The fourth-order valence-electron chi connectivity index (χ4n) is 0.306. The zero-order chi connectivity index (χ0) is 7.82. The maximum absolute atomic E-state index is 9.93. The molecule has 0 fully saturated rings. The van der Waals surface area contributed by atoms with Crippen molar-refractivity contribution in [3.05, 3.63) is 11.5 Å². The van der Waals surface area contributed by atoms with Crippen LogP contribution in [0.5, 0.6) is 0 Å². The van der Waals surface area contributed by atoms with Gasteiger partial charge in [0.2, 0.25) is 0 Å². The molecule has 0 saturated heterocycles. The number of carboxylic acids is 1. The van der Waals surface area contributed by atoms with E-state index in [9.17, 15) is 4.79 Å². The van der Waals surface area contributed by atoms with E-state index in [0.717, 1.165) is 17.6 Å². The second-order valence-electron chi connectivity index (χ2n) is 1.50. The summed E-state index contributed by atoms with van der Waals surface area (Å²) in [5, 5.41) is 9.77. The molecule has 0 aromatic rings. The van der Waals surface area contributed by atoms with Crippen LogP contribution in [0.4, 0.5) is 0 Å². The van der Waals surface area contributed by atoms with Gasteiger partial charge in [0.25, 0.3) is 0 Å². The van der Waals surface area contributed by atoms with E-state index in [1.165, 1.54) is 11.8 Å². The number of thioether (sulfide) groups is 2. The summed E-state index contributed by atoms with van der Waals surface area (Å²) in [6.07, 6.45) is 3.19. The van der Waals surface area contributed by atoms with Crippen LogP contribution in [-0.2, 0) is 4.79 Å². The number of carboxylic acid groups (broad SMARTS) is 1. The van der Waals surface area contributed by atoms with Crippen LogP contribution in [0.1, 0.15) is 0 Å². The van der Waals surface area contributed by atoms with Crippen LogP contribution in [0.15, 0.2) is 11.5 Å². The summed E-state index contributed by atoms with van der Waals surface area (Å²) in [6.45, 7) is 0. The van der Waals surface area contributed by atoms with Crippen molar-refractivity contribution >= 4 is 29.5 Å². The third kappa shape index (κ3) is 7.91. The summed E-state index contributed by atoms with van der Waals surface area (Å²) < 4.78 is 0. The number of hydrogen-bond acceptors (Lipinski definition) is 3. The molecule has 0 radical (unpaired) electrons. The first-order chi connectivity index (χ1) is 4.77. The smallest absolute Gasteiger partial charge is 0.328 e. The van der Waals surface area contributed by atoms with Gasteiger partial charge in [-0.1, -0.05) is 0 Å². The van der Waals surface area contributed by atoms with Crippen molar-refractivity contribution in [2.75, 3.05) is 17.8 Å². The van der Waals surface area contributed by atoms with E-state index in [-0.39, 0.29) is 0 Å². The summed E-state index contributed by atoms with van der Waals surface area (Å²) in [5.41, 5.74) is 0. The quantitative estimate of drug-likeness (QED) is 0.513. The Labute approximate surface area is 69.1 Å². The Kier molecular flexibility index (Phi) is 6.96. The van der Waals surface area contributed by atoms with Crippen LogP contribution in [-0.4, -0.2) is 28.8 Å². The zero-order valence-corrected chi connectivity index (χ0v) is 7.37. The van der Waals surface area contributed by atoms with Crippen molar-refractivity contribution in [3.63, 3.8) is 0 Å². The fourth-order valence-corrected chi connectivity index (χ4v) is 1.71. The van der Waals surface area contributed by atoms with Gasteiger partial charge in [0.15, 0.2) is 0 Å². The first-order valence-electron chi connectivity index (χ1n) is 2.77. The molecule has 2 nitrogen and oxygen atoms in total. The third-order valence-electron chi connectivity index (χ3n) is 0.712.